The summed E-state index contributed by atoms with van der Waals surface area (Å²) in [6.07, 6.45) is 4.32. The Labute approximate surface area is 166 Å². The molecule has 2 aromatic heterocycles. The number of Topliss-reactive ketones (excluding diaryl/α,β-unsaturated/α-hetero) is 1. The topological polar surface area (TPSA) is 101 Å². The van der Waals surface area contributed by atoms with Crippen molar-refractivity contribution in [1.29, 1.82) is 5.26 Å². The molecule has 0 saturated heterocycles. The van der Waals surface area contributed by atoms with Gasteiger partial charge in [-0.25, -0.2) is 4.79 Å². The summed E-state index contributed by atoms with van der Waals surface area (Å²) in [6.45, 7) is 3.11. The molecule has 7 nitrogen and oxygen atoms in total. The Kier molecular flexibility index (Phi) is 5.66. The van der Waals surface area contributed by atoms with Crippen molar-refractivity contribution in [1.82, 2.24) is 4.57 Å². The quantitative estimate of drug-likeness (QED) is 0.615. The molecule has 2 heterocycles. The van der Waals surface area contributed by atoms with Crippen LogP contribution in [0.3, 0.4) is 0 Å². The van der Waals surface area contributed by atoms with Crippen LogP contribution < -0.4 is 5.32 Å². The van der Waals surface area contributed by atoms with Crippen molar-refractivity contribution in [3.8, 4) is 6.07 Å². The van der Waals surface area contributed by atoms with Crippen LogP contribution in [-0.2, 0) is 29.4 Å². The summed E-state index contributed by atoms with van der Waals surface area (Å²) in [7, 11) is 1.62. The highest BCUT2D eigenvalue weighted by atomic mass is 32.1. The number of hydrogen-bond donors (Lipinski definition) is 1. The summed E-state index contributed by atoms with van der Waals surface area (Å²) in [6, 6.07) is 3.62. The lowest BCUT2D eigenvalue weighted by Crippen LogP contribution is -2.21. The van der Waals surface area contributed by atoms with Crippen molar-refractivity contribution in [2.45, 2.75) is 33.1 Å². The van der Waals surface area contributed by atoms with E-state index in [1.54, 1.807) is 7.05 Å². The minimum atomic E-state index is -0.690. The molecule has 1 atom stereocenters. The molecule has 146 valence electrons. The molecule has 28 heavy (non-hydrogen) atoms. The van der Waals surface area contributed by atoms with Crippen LogP contribution in [0.4, 0.5) is 5.00 Å². The Bertz CT molecular complexity index is 996. The lowest BCUT2D eigenvalue weighted by Gasteiger charge is -2.17. The molecule has 0 unspecified atom stereocenters. The number of anilines is 1. The molecule has 0 saturated carbocycles. The van der Waals surface area contributed by atoms with Gasteiger partial charge in [-0.2, -0.15) is 5.26 Å². The lowest BCUT2D eigenvalue weighted by molar-refractivity contribution is -0.119. The lowest BCUT2D eigenvalue weighted by atomic mass is 9.89. The predicted octanol–water partition coefficient (Wildman–Crippen LogP) is 3.08. The highest BCUT2D eigenvalue weighted by Gasteiger charge is 2.25. The SMILES string of the molecule is CC(=O)c1cc(C(=O)OCC(=O)Nc2sc3c(c2C#N)CC[C@H](C)C3)n(C)c1. The first-order valence-electron chi connectivity index (χ1n) is 8.99. The first kappa shape index (κ1) is 19.8. The average molecular weight is 399 g/mol. The van der Waals surface area contributed by atoms with Gasteiger partial charge in [-0.15, -0.1) is 11.3 Å². The smallest absolute Gasteiger partial charge is 0.355 e. The third-order valence-electron chi connectivity index (χ3n) is 4.83. The molecule has 0 radical (unpaired) electrons. The Balaban J connectivity index is 1.64. The fourth-order valence-corrected chi connectivity index (χ4v) is 4.66. The van der Waals surface area contributed by atoms with Gasteiger partial charge in [0.05, 0.1) is 5.56 Å². The minimum Gasteiger partial charge on any atom is -0.451 e. The number of aromatic nitrogens is 1. The second-order valence-electron chi connectivity index (χ2n) is 7.07. The van der Waals surface area contributed by atoms with E-state index in [1.807, 2.05) is 0 Å². The van der Waals surface area contributed by atoms with Gasteiger partial charge < -0.3 is 14.6 Å². The van der Waals surface area contributed by atoms with E-state index < -0.39 is 18.5 Å². The zero-order chi connectivity index (χ0) is 20.4. The molecule has 1 aliphatic rings. The first-order chi connectivity index (χ1) is 13.3. The van der Waals surface area contributed by atoms with Gasteiger partial charge in [0.25, 0.3) is 5.91 Å². The van der Waals surface area contributed by atoms with Crippen molar-refractivity contribution in [3.05, 3.63) is 39.5 Å². The zero-order valence-electron chi connectivity index (χ0n) is 16.0. The van der Waals surface area contributed by atoms with E-state index in [4.69, 9.17) is 4.74 Å². The number of nitrogens with zero attached hydrogens (tertiary/aromatic N) is 2. The number of aryl methyl sites for hydroxylation is 1. The molecular weight excluding hydrogens is 378 g/mol. The minimum absolute atomic E-state index is 0.160. The summed E-state index contributed by atoms with van der Waals surface area (Å²) >= 11 is 1.42. The summed E-state index contributed by atoms with van der Waals surface area (Å²) in [4.78, 5) is 37.0. The van der Waals surface area contributed by atoms with Gasteiger partial charge in [0.2, 0.25) is 0 Å². The maximum absolute atomic E-state index is 12.2. The van der Waals surface area contributed by atoms with Gasteiger partial charge in [-0.3, -0.25) is 9.59 Å². The van der Waals surface area contributed by atoms with Crippen LogP contribution in [0.2, 0.25) is 0 Å². The van der Waals surface area contributed by atoms with E-state index in [-0.39, 0.29) is 11.5 Å². The highest BCUT2D eigenvalue weighted by Crippen LogP contribution is 2.39. The molecule has 0 aliphatic heterocycles. The number of esters is 1. The van der Waals surface area contributed by atoms with E-state index in [9.17, 15) is 19.6 Å². The molecule has 3 rings (SSSR count). The van der Waals surface area contributed by atoms with Crippen LogP contribution >= 0.6 is 11.3 Å². The molecule has 1 aliphatic carbocycles. The fraction of sp³-hybridized carbons (Fsp3) is 0.400. The van der Waals surface area contributed by atoms with Crippen molar-refractivity contribution in [3.63, 3.8) is 0 Å². The molecule has 0 spiro atoms. The molecule has 1 amide bonds. The molecule has 8 heteroatoms. The molecule has 1 N–H and O–H groups in total. The van der Waals surface area contributed by atoms with E-state index in [0.717, 1.165) is 29.7 Å². The number of ketones is 1. The van der Waals surface area contributed by atoms with Gasteiger partial charge in [0.15, 0.2) is 12.4 Å². The summed E-state index contributed by atoms with van der Waals surface area (Å²) in [5, 5.41) is 12.7. The number of rotatable bonds is 5. The van der Waals surface area contributed by atoms with Crippen LogP contribution in [0.5, 0.6) is 0 Å². The Hall–Kier alpha value is -2.92. The van der Waals surface area contributed by atoms with Crippen molar-refractivity contribution >= 4 is 34.0 Å². The first-order valence-corrected chi connectivity index (χ1v) is 9.80. The van der Waals surface area contributed by atoms with Crippen LogP contribution in [0.1, 0.15) is 57.1 Å². The second kappa shape index (κ2) is 7.98. The molecule has 0 aromatic carbocycles. The maximum Gasteiger partial charge on any atom is 0.355 e. The number of carbonyl (C=O) groups excluding carboxylic acids is 3. The normalized spacial score (nSPS) is 15.4. The van der Waals surface area contributed by atoms with E-state index in [2.05, 4.69) is 18.3 Å². The number of hydrogen-bond acceptors (Lipinski definition) is 6. The number of thiophene rings is 1. The van der Waals surface area contributed by atoms with Crippen molar-refractivity contribution < 1.29 is 19.1 Å². The van der Waals surface area contributed by atoms with Gasteiger partial charge in [-0.1, -0.05) is 6.92 Å². The van der Waals surface area contributed by atoms with Gasteiger partial charge in [0, 0.05) is 23.7 Å². The monoisotopic (exact) mass is 399 g/mol. The Morgan fingerprint density at radius 3 is 2.82 bits per heavy atom. The highest BCUT2D eigenvalue weighted by molar-refractivity contribution is 7.16. The average Bonchev–Trinajstić information content (AvgIpc) is 3.19. The molecule has 2 aromatic rings. The molecule has 0 fully saturated rings. The summed E-state index contributed by atoms with van der Waals surface area (Å²) in [5.41, 5.74) is 2.13. The van der Waals surface area contributed by atoms with Crippen molar-refractivity contribution in [2.75, 3.05) is 11.9 Å². The Morgan fingerprint density at radius 2 is 2.18 bits per heavy atom. The Morgan fingerprint density at radius 1 is 1.43 bits per heavy atom. The number of ether oxygens (including phenoxy) is 1. The molecular formula is C20H21N3O4S. The molecule has 0 bridgehead atoms. The van der Waals surface area contributed by atoms with E-state index in [0.29, 0.717) is 22.0 Å². The number of nitrogens with one attached hydrogen (secondary N) is 1. The van der Waals surface area contributed by atoms with E-state index >= 15 is 0 Å². The number of nitriles is 1. The third-order valence-corrected chi connectivity index (χ3v) is 6.00. The van der Waals surface area contributed by atoms with Gasteiger partial charge in [0.1, 0.15) is 16.8 Å². The van der Waals surface area contributed by atoms with Crippen LogP contribution in [0.25, 0.3) is 0 Å². The van der Waals surface area contributed by atoms with Gasteiger partial charge >= 0.3 is 5.97 Å². The second-order valence-corrected chi connectivity index (χ2v) is 8.18. The van der Waals surface area contributed by atoms with Gasteiger partial charge in [-0.05, 0) is 43.7 Å². The summed E-state index contributed by atoms with van der Waals surface area (Å²) < 4.78 is 6.55. The van der Waals surface area contributed by atoms with Crippen molar-refractivity contribution in [2.24, 2.45) is 13.0 Å². The summed E-state index contributed by atoms with van der Waals surface area (Å²) in [5.74, 6) is -0.790. The largest absolute Gasteiger partial charge is 0.451 e. The fourth-order valence-electron chi connectivity index (χ4n) is 3.28. The van der Waals surface area contributed by atoms with E-state index in [1.165, 1.54) is 35.1 Å². The predicted molar refractivity (Wildman–Crippen MR) is 105 cm³/mol. The van der Waals surface area contributed by atoms with Crippen LogP contribution in [-0.4, -0.2) is 28.8 Å². The number of fused-ring (bicyclic) bond motifs is 1. The number of carbonyl (C=O) groups is 3. The van der Waals surface area contributed by atoms with Crippen LogP contribution in [0, 0.1) is 17.2 Å². The third kappa shape index (κ3) is 3.99. The maximum atomic E-state index is 12.2. The zero-order valence-corrected chi connectivity index (χ0v) is 16.8. The van der Waals surface area contributed by atoms with Crippen LogP contribution in [0.15, 0.2) is 12.3 Å². The number of amides is 1. The standard InChI is InChI=1S/C20H21N3O4S/c1-11-4-5-14-15(8-21)19(28-17(14)6-11)22-18(25)10-27-20(26)16-7-13(12(2)24)9-23(16)3/h7,9,11H,4-6,10H2,1-3H3,(H,22,25)/t11-/m0/s1.